The van der Waals surface area contributed by atoms with E-state index in [1.165, 1.54) is 24.1 Å². The third-order valence-electron chi connectivity index (χ3n) is 2.79. The molecule has 0 aromatic heterocycles. The molecular formula is C11H13ClN2O3S. The molecule has 1 amide bonds. The van der Waals surface area contributed by atoms with Crippen LogP contribution in [0.2, 0.25) is 0 Å². The normalized spacial score (nSPS) is 20.4. The highest BCUT2D eigenvalue weighted by atomic mass is 35.5. The smallest absolute Gasteiger partial charge is 0.240 e. The predicted octanol–water partition coefficient (Wildman–Crippen LogP) is 0.939. The topological polar surface area (TPSA) is 66.5 Å². The number of hydrogen-bond acceptors (Lipinski definition) is 3. The van der Waals surface area contributed by atoms with E-state index < -0.39 is 10.0 Å². The summed E-state index contributed by atoms with van der Waals surface area (Å²) < 4.78 is 25.6. The van der Waals surface area contributed by atoms with E-state index in [9.17, 15) is 13.2 Å². The van der Waals surface area contributed by atoms with Gasteiger partial charge in [-0.05, 0) is 25.2 Å². The number of rotatable bonds is 3. The second kappa shape index (κ2) is 4.87. The van der Waals surface area contributed by atoms with Gasteiger partial charge < -0.3 is 4.90 Å². The minimum Gasteiger partial charge on any atom is -0.311 e. The Kier molecular flexibility index (Phi) is 3.61. The summed E-state index contributed by atoms with van der Waals surface area (Å²) in [5.41, 5.74) is 0.555. The summed E-state index contributed by atoms with van der Waals surface area (Å²) in [7, 11) is -2.16. The average molecular weight is 289 g/mol. The first-order valence-corrected chi connectivity index (χ1v) is 7.34. The van der Waals surface area contributed by atoms with E-state index in [0.29, 0.717) is 12.2 Å². The lowest BCUT2D eigenvalue weighted by Crippen LogP contribution is -2.25. The van der Waals surface area contributed by atoms with Gasteiger partial charge in [-0.2, -0.15) is 0 Å². The van der Waals surface area contributed by atoms with Crippen LogP contribution in [-0.4, -0.2) is 33.3 Å². The highest BCUT2D eigenvalue weighted by molar-refractivity contribution is 7.89. The molecule has 1 unspecified atom stereocenters. The van der Waals surface area contributed by atoms with E-state index in [2.05, 4.69) is 4.72 Å². The van der Waals surface area contributed by atoms with Crippen LogP contribution in [0.1, 0.15) is 6.42 Å². The fourth-order valence-electron chi connectivity index (χ4n) is 1.85. The fourth-order valence-corrected chi connectivity index (χ4v) is 2.89. The van der Waals surface area contributed by atoms with E-state index in [-0.39, 0.29) is 22.6 Å². The molecule has 18 heavy (non-hydrogen) atoms. The molecule has 1 aromatic carbocycles. The van der Waals surface area contributed by atoms with E-state index in [0.717, 1.165) is 0 Å². The third-order valence-corrected chi connectivity index (χ3v) is 4.49. The maximum Gasteiger partial charge on any atom is 0.240 e. The Morgan fingerprint density at radius 1 is 1.44 bits per heavy atom. The molecule has 98 valence electrons. The predicted molar refractivity (Wildman–Crippen MR) is 69.3 cm³/mol. The van der Waals surface area contributed by atoms with Crippen LogP contribution in [0.15, 0.2) is 29.2 Å². The first-order valence-electron chi connectivity index (χ1n) is 5.42. The van der Waals surface area contributed by atoms with Crippen LogP contribution in [-0.2, 0) is 14.8 Å². The average Bonchev–Trinajstić information content (AvgIpc) is 2.69. The van der Waals surface area contributed by atoms with Crippen molar-refractivity contribution in [1.82, 2.24) is 4.72 Å². The molecule has 1 heterocycles. The molecule has 7 heteroatoms. The number of benzene rings is 1. The highest BCUT2D eigenvalue weighted by Crippen LogP contribution is 2.26. The molecule has 1 fully saturated rings. The summed E-state index contributed by atoms with van der Waals surface area (Å²) in [5, 5.41) is -0.220. The standard InChI is InChI=1S/C11H13ClN2O3S/c1-13-18(16,17)10-4-2-3-9(6-10)14-7-8(12)5-11(14)15/h2-4,6,8,13H,5,7H2,1H3. The van der Waals surface area contributed by atoms with Crippen LogP contribution in [0, 0.1) is 0 Å². The van der Waals surface area contributed by atoms with Gasteiger partial charge in [-0.3, -0.25) is 4.79 Å². The van der Waals surface area contributed by atoms with Crippen LogP contribution < -0.4 is 9.62 Å². The number of hydrogen-bond donors (Lipinski definition) is 1. The lowest BCUT2D eigenvalue weighted by atomic mass is 10.3. The molecule has 2 rings (SSSR count). The Morgan fingerprint density at radius 2 is 2.17 bits per heavy atom. The third kappa shape index (κ3) is 2.50. The first kappa shape index (κ1) is 13.3. The summed E-state index contributed by atoms with van der Waals surface area (Å²) >= 11 is 5.92. The molecule has 1 atom stereocenters. The van der Waals surface area contributed by atoms with Crippen molar-refractivity contribution < 1.29 is 13.2 Å². The molecule has 1 aliphatic rings. The van der Waals surface area contributed by atoms with E-state index >= 15 is 0 Å². The Labute approximate surface area is 111 Å². The van der Waals surface area contributed by atoms with Crippen LogP contribution in [0.25, 0.3) is 0 Å². The Hall–Kier alpha value is -1.11. The van der Waals surface area contributed by atoms with Crippen LogP contribution >= 0.6 is 11.6 Å². The molecule has 0 aliphatic carbocycles. The van der Waals surface area contributed by atoms with Crippen molar-refractivity contribution in [3.63, 3.8) is 0 Å². The lowest BCUT2D eigenvalue weighted by molar-refractivity contribution is -0.117. The molecule has 0 spiro atoms. The van der Waals surface area contributed by atoms with Gasteiger partial charge in [0, 0.05) is 18.7 Å². The van der Waals surface area contributed by atoms with Crippen LogP contribution in [0.5, 0.6) is 0 Å². The molecule has 1 saturated heterocycles. The van der Waals surface area contributed by atoms with Gasteiger partial charge in [0.25, 0.3) is 0 Å². The number of halogens is 1. The van der Waals surface area contributed by atoms with Crippen molar-refractivity contribution >= 4 is 33.2 Å². The Bertz CT molecular complexity index is 573. The Morgan fingerprint density at radius 3 is 2.72 bits per heavy atom. The summed E-state index contributed by atoms with van der Waals surface area (Å²) in [6, 6.07) is 6.25. The van der Waals surface area contributed by atoms with Crippen LogP contribution in [0.4, 0.5) is 5.69 Å². The van der Waals surface area contributed by atoms with Gasteiger partial charge in [-0.25, -0.2) is 13.1 Å². The van der Waals surface area contributed by atoms with Gasteiger partial charge in [-0.15, -0.1) is 11.6 Å². The summed E-state index contributed by atoms with van der Waals surface area (Å²) in [4.78, 5) is 13.3. The molecular weight excluding hydrogens is 276 g/mol. The summed E-state index contributed by atoms with van der Waals surface area (Å²) in [6.45, 7) is 0.406. The van der Waals surface area contributed by atoms with Gasteiger partial charge in [0.15, 0.2) is 0 Å². The zero-order valence-corrected chi connectivity index (χ0v) is 11.3. The zero-order chi connectivity index (χ0) is 13.3. The molecule has 5 nitrogen and oxygen atoms in total. The van der Waals surface area contributed by atoms with Crippen molar-refractivity contribution in [2.75, 3.05) is 18.5 Å². The Balaban J connectivity index is 2.37. The molecule has 0 bridgehead atoms. The van der Waals surface area contributed by atoms with Crippen molar-refractivity contribution in [3.05, 3.63) is 24.3 Å². The summed E-state index contributed by atoms with van der Waals surface area (Å²) in [5.74, 6) is -0.0889. The minimum absolute atomic E-state index is 0.0889. The van der Waals surface area contributed by atoms with E-state index in [1.807, 2.05) is 0 Å². The van der Waals surface area contributed by atoms with Gasteiger partial charge in [-0.1, -0.05) is 6.07 Å². The number of sulfonamides is 1. The number of carbonyl (C=O) groups excluding carboxylic acids is 1. The fraction of sp³-hybridized carbons (Fsp3) is 0.364. The highest BCUT2D eigenvalue weighted by Gasteiger charge is 2.29. The summed E-state index contributed by atoms with van der Waals surface area (Å²) in [6.07, 6.45) is 0.282. The van der Waals surface area contributed by atoms with Gasteiger partial charge >= 0.3 is 0 Å². The second-order valence-electron chi connectivity index (χ2n) is 4.01. The van der Waals surface area contributed by atoms with Gasteiger partial charge in [0.05, 0.1) is 10.3 Å². The molecule has 0 saturated carbocycles. The number of carbonyl (C=O) groups is 1. The van der Waals surface area contributed by atoms with E-state index in [4.69, 9.17) is 11.6 Å². The number of amides is 1. The largest absolute Gasteiger partial charge is 0.311 e. The van der Waals surface area contributed by atoms with Gasteiger partial charge in [0.1, 0.15) is 0 Å². The molecule has 1 aromatic rings. The molecule has 0 radical (unpaired) electrons. The minimum atomic E-state index is -3.50. The first-order chi connectivity index (χ1) is 8.44. The van der Waals surface area contributed by atoms with Crippen molar-refractivity contribution in [2.45, 2.75) is 16.7 Å². The van der Waals surface area contributed by atoms with Crippen molar-refractivity contribution in [3.8, 4) is 0 Å². The van der Waals surface area contributed by atoms with Gasteiger partial charge in [0.2, 0.25) is 15.9 Å². The van der Waals surface area contributed by atoms with Crippen LogP contribution in [0.3, 0.4) is 0 Å². The quantitative estimate of drug-likeness (QED) is 0.842. The number of alkyl halides is 1. The zero-order valence-electron chi connectivity index (χ0n) is 9.76. The van der Waals surface area contributed by atoms with Crippen molar-refractivity contribution in [1.29, 1.82) is 0 Å². The SMILES string of the molecule is CNS(=O)(=O)c1cccc(N2CC(Cl)CC2=O)c1. The number of nitrogens with one attached hydrogen (secondary N) is 1. The lowest BCUT2D eigenvalue weighted by Gasteiger charge is -2.16. The van der Waals surface area contributed by atoms with E-state index in [1.54, 1.807) is 12.1 Å². The molecule has 1 N–H and O–H groups in total. The number of nitrogens with zero attached hydrogens (tertiary/aromatic N) is 1. The second-order valence-corrected chi connectivity index (χ2v) is 6.51. The van der Waals surface area contributed by atoms with Crippen molar-refractivity contribution in [2.24, 2.45) is 0 Å². The number of anilines is 1. The maximum atomic E-state index is 11.7. The monoisotopic (exact) mass is 288 g/mol. The molecule has 1 aliphatic heterocycles. The maximum absolute atomic E-state index is 11.7.